The molecule has 2 aliphatic heterocycles. The second-order valence-electron chi connectivity index (χ2n) is 10.3. The number of hydrogen-bond donors (Lipinski definition) is 2. The van der Waals surface area contributed by atoms with Crippen molar-refractivity contribution < 1.29 is 28.5 Å². The Labute approximate surface area is 255 Å². The van der Waals surface area contributed by atoms with E-state index in [4.69, 9.17) is 18.9 Å². The summed E-state index contributed by atoms with van der Waals surface area (Å²) in [7, 11) is 0. The lowest BCUT2D eigenvalue weighted by molar-refractivity contribution is -0.116. The highest BCUT2D eigenvalue weighted by molar-refractivity contribution is 7.15. The molecule has 2 aromatic heterocycles. The maximum atomic E-state index is 12.8. The van der Waals surface area contributed by atoms with Gasteiger partial charge in [0.15, 0.2) is 23.0 Å². The standard InChI is InChI=1S/C29H30N6O6S2/c1-3-6-19(27-33-35-29(43-27)31-23(37)13-18-8-5-10-21-25(18)41-15-39-21)11-16(2)26-32-34-28(42-26)30-22(36)12-17-7-4-9-20-24(17)40-14-38-20/h4-5,7-10,16,19H,3,6,11-15H2,1-2H3,(H,30,34,36)(H,31,35,37)/t16-,19?/m0/s1. The van der Waals surface area contributed by atoms with Gasteiger partial charge in [0, 0.05) is 23.0 Å². The van der Waals surface area contributed by atoms with Gasteiger partial charge in [-0.15, -0.1) is 20.4 Å². The molecule has 0 bridgehead atoms. The van der Waals surface area contributed by atoms with Crippen LogP contribution in [-0.2, 0) is 22.4 Å². The second-order valence-corrected chi connectivity index (χ2v) is 12.3. The predicted octanol–water partition coefficient (Wildman–Crippen LogP) is 5.29. The number of amides is 2. The van der Waals surface area contributed by atoms with Gasteiger partial charge in [-0.05, 0) is 25.0 Å². The average Bonchev–Trinajstić information content (AvgIpc) is 3.80. The van der Waals surface area contributed by atoms with Gasteiger partial charge in [0.1, 0.15) is 10.0 Å². The third kappa shape index (κ3) is 6.70. The summed E-state index contributed by atoms with van der Waals surface area (Å²) in [5.41, 5.74) is 1.52. The van der Waals surface area contributed by atoms with Crippen LogP contribution < -0.4 is 29.6 Å². The maximum Gasteiger partial charge on any atom is 0.231 e. The summed E-state index contributed by atoms with van der Waals surface area (Å²) < 4.78 is 21.8. The minimum Gasteiger partial charge on any atom is -0.454 e. The lowest BCUT2D eigenvalue weighted by Gasteiger charge is -2.16. The zero-order valence-corrected chi connectivity index (χ0v) is 25.3. The number of nitrogens with zero attached hydrogens (tertiary/aromatic N) is 4. The number of hydrogen-bond acceptors (Lipinski definition) is 12. The number of ether oxygens (including phenoxy) is 4. The van der Waals surface area contributed by atoms with Crippen molar-refractivity contribution in [3.8, 4) is 23.0 Å². The van der Waals surface area contributed by atoms with Crippen molar-refractivity contribution in [2.45, 2.75) is 57.8 Å². The minimum atomic E-state index is -0.205. The quantitative estimate of drug-likeness (QED) is 0.214. The average molecular weight is 623 g/mol. The fourth-order valence-electron chi connectivity index (χ4n) is 5.09. The number of nitrogens with one attached hydrogen (secondary N) is 2. The molecule has 14 heteroatoms. The molecule has 2 N–H and O–H groups in total. The molecule has 1 unspecified atom stereocenters. The molecule has 2 aromatic carbocycles. The van der Waals surface area contributed by atoms with Crippen molar-refractivity contribution >= 4 is 44.8 Å². The molecule has 0 aliphatic carbocycles. The van der Waals surface area contributed by atoms with Crippen LogP contribution in [0.15, 0.2) is 36.4 Å². The van der Waals surface area contributed by atoms with Gasteiger partial charge in [-0.1, -0.05) is 67.2 Å². The van der Waals surface area contributed by atoms with Crippen LogP contribution in [0.2, 0.25) is 0 Å². The minimum absolute atomic E-state index is 0.0759. The van der Waals surface area contributed by atoms with E-state index in [0.29, 0.717) is 33.3 Å². The van der Waals surface area contributed by atoms with Gasteiger partial charge < -0.3 is 29.6 Å². The number of aromatic nitrogens is 4. The van der Waals surface area contributed by atoms with Crippen molar-refractivity contribution in [1.82, 2.24) is 20.4 Å². The Kier molecular flexibility index (Phi) is 8.65. The highest BCUT2D eigenvalue weighted by Gasteiger charge is 2.25. The fourth-order valence-corrected chi connectivity index (χ4v) is 6.82. The van der Waals surface area contributed by atoms with Crippen LogP contribution >= 0.6 is 22.7 Å². The zero-order valence-electron chi connectivity index (χ0n) is 23.6. The molecule has 2 atom stereocenters. The van der Waals surface area contributed by atoms with Crippen LogP contribution in [0.5, 0.6) is 23.0 Å². The first-order valence-corrected chi connectivity index (χ1v) is 15.6. The molecule has 0 fully saturated rings. The number of fused-ring (bicyclic) bond motifs is 2. The molecule has 4 aromatic rings. The molecule has 0 saturated heterocycles. The van der Waals surface area contributed by atoms with Crippen LogP contribution in [-0.4, -0.2) is 45.8 Å². The van der Waals surface area contributed by atoms with E-state index < -0.39 is 0 Å². The van der Waals surface area contributed by atoms with Gasteiger partial charge >= 0.3 is 0 Å². The molecule has 43 heavy (non-hydrogen) atoms. The number of para-hydroxylation sites is 2. The summed E-state index contributed by atoms with van der Waals surface area (Å²) >= 11 is 2.75. The van der Waals surface area contributed by atoms with Gasteiger partial charge in [0.2, 0.25) is 35.7 Å². The van der Waals surface area contributed by atoms with Crippen LogP contribution in [0.25, 0.3) is 0 Å². The molecule has 0 saturated carbocycles. The molecule has 6 rings (SSSR count). The topological polar surface area (TPSA) is 147 Å². The lowest BCUT2D eigenvalue weighted by atomic mass is 9.93. The van der Waals surface area contributed by atoms with E-state index in [0.717, 1.165) is 40.4 Å². The van der Waals surface area contributed by atoms with Crippen molar-refractivity contribution in [3.05, 3.63) is 57.5 Å². The molecule has 0 spiro atoms. The number of benzene rings is 2. The summed E-state index contributed by atoms with van der Waals surface area (Å²) in [5, 5.41) is 25.5. The first-order chi connectivity index (χ1) is 21.0. The Balaban J connectivity index is 1.04. The van der Waals surface area contributed by atoms with Crippen molar-refractivity contribution in [1.29, 1.82) is 0 Å². The molecule has 2 amide bonds. The summed E-state index contributed by atoms with van der Waals surface area (Å²) in [6.45, 7) is 4.52. The highest BCUT2D eigenvalue weighted by atomic mass is 32.1. The van der Waals surface area contributed by atoms with Crippen LogP contribution in [0.3, 0.4) is 0 Å². The number of anilines is 2. The van der Waals surface area contributed by atoms with E-state index in [9.17, 15) is 9.59 Å². The van der Waals surface area contributed by atoms with Crippen molar-refractivity contribution in [2.24, 2.45) is 0 Å². The fraction of sp³-hybridized carbons (Fsp3) is 0.379. The Morgan fingerprint density at radius 3 is 1.88 bits per heavy atom. The van der Waals surface area contributed by atoms with Gasteiger partial charge in [0.05, 0.1) is 12.8 Å². The van der Waals surface area contributed by atoms with E-state index in [1.54, 1.807) is 0 Å². The number of carbonyl (C=O) groups is 2. The predicted molar refractivity (Wildman–Crippen MR) is 160 cm³/mol. The van der Waals surface area contributed by atoms with Gasteiger partial charge in [-0.25, -0.2) is 0 Å². The van der Waals surface area contributed by atoms with E-state index >= 15 is 0 Å². The van der Waals surface area contributed by atoms with Crippen LogP contribution in [0, 0.1) is 0 Å². The summed E-state index contributed by atoms with van der Waals surface area (Å²) in [4.78, 5) is 25.5. The van der Waals surface area contributed by atoms with Crippen LogP contribution in [0.1, 0.15) is 66.1 Å². The molecule has 0 radical (unpaired) electrons. The van der Waals surface area contributed by atoms with Crippen LogP contribution in [0.4, 0.5) is 10.3 Å². The summed E-state index contributed by atoms with van der Waals surface area (Å²) in [5.74, 6) is 2.31. The molecule has 224 valence electrons. The third-order valence-corrected chi connectivity index (χ3v) is 9.15. The number of carbonyl (C=O) groups excluding carboxylic acids is 2. The lowest BCUT2D eigenvalue weighted by Crippen LogP contribution is -2.14. The Bertz CT molecular complexity index is 1620. The zero-order chi connectivity index (χ0) is 29.8. The van der Waals surface area contributed by atoms with Gasteiger partial charge in [-0.2, -0.15) is 0 Å². The van der Waals surface area contributed by atoms with E-state index in [1.165, 1.54) is 22.7 Å². The van der Waals surface area contributed by atoms with Crippen molar-refractivity contribution in [3.63, 3.8) is 0 Å². The SMILES string of the molecule is CCCC(C[C@H](C)c1nnc(NC(=O)Cc2cccc3c2OCO3)s1)c1nnc(NC(=O)Cc2cccc3c2OCO3)s1. The summed E-state index contributed by atoms with van der Waals surface area (Å²) in [6, 6.07) is 11.0. The highest BCUT2D eigenvalue weighted by Crippen LogP contribution is 2.39. The van der Waals surface area contributed by atoms with Crippen molar-refractivity contribution in [2.75, 3.05) is 24.2 Å². The molecular formula is C29H30N6O6S2. The smallest absolute Gasteiger partial charge is 0.231 e. The Morgan fingerprint density at radius 2 is 1.33 bits per heavy atom. The Hall–Kier alpha value is -4.30. The second kappa shape index (κ2) is 12.9. The van der Waals surface area contributed by atoms with Gasteiger partial charge in [-0.3, -0.25) is 9.59 Å². The molecule has 2 aliphatic rings. The largest absolute Gasteiger partial charge is 0.454 e. The van der Waals surface area contributed by atoms with Gasteiger partial charge in [0.25, 0.3) is 0 Å². The maximum absolute atomic E-state index is 12.8. The molecule has 12 nitrogen and oxygen atoms in total. The molecule has 4 heterocycles. The first kappa shape index (κ1) is 28.8. The number of rotatable bonds is 12. The monoisotopic (exact) mass is 622 g/mol. The Morgan fingerprint density at radius 1 is 0.791 bits per heavy atom. The normalized spacial score (nSPS) is 14.4. The van der Waals surface area contributed by atoms with E-state index in [2.05, 4.69) is 44.9 Å². The first-order valence-electron chi connectivity index (χ1n) is 14.0. The molecular weight excluding hydrogens is 592 g/mol. The van der Waals surface area contributed by atoms with E-state index in [1.807, 2.05) is 36.4 Å². The third-order valence-electron chi connectivity index (χ3n) is 7.08. The van der Waals surface area contributed by atoms with E-state index in [-0.39, 0.29) is 50.1 Å². The summed E-state index contributed by atoms with van der Waals surface area (Å²) in [6.07, 6.45) is 2.94.